The molecule has 2 aromatic rings. The Kier molecular flexibility index (Phi) is 2.53. The van der Waals surface area contributed by atoms with Crippen LogP contribution in [0.2, 0.25) is 0 Å². The van der Waals surface area contributed by atoms with Crippen molar-refractivity contribution >= 4 is 11.3 Å². The third-order valence-corrected chi connectivity index (χ3v) is 2.24. The molecule has 2 heterocycles. The molecule has 1 unspecified atom stereocenters. The first-order valence-corrected chi connectivity index (χ1v) is 4.69. The van der Waals surface area contributed by atoms with E-state index in [1.54, 1.807) is 0 Å². The summed E-state index contributed by atoms with van der Waals surface area (Å²) in [5.41, 5.74) is 0.749. The molecular formula is C9H9F3N4. The third-order valence-electron chi connectivity index (χ3n) is 2.24. The first kappa shape index (κ1) is 10.8. The van der Waals surface area contributed by atoms with E-state index in [-0.39, 0.29) is 12.2 Å². The number of fused-ring (bicyclic) bond motifs is 1. The van der Waals surface area contributed by atoms with Crippen LogP contribution >= 0.6 is 0 Å². The van der Waals surface area contributed by atoms with Crippen molar-refractivity contribution in [3.63, 3.8) is 0 Å². The minimum absolute atomic E-state index is 0.193. The maximum absolute atomic E-state index is 12.3. The predicted molar refractivity (Wildman–Crippen MR) is 50.6 cm³/mol. The molecule has 1 N–H and O–H groups in total. The van der Waals surface area contributed by atoms with Crippen LogP contribution in [0.5, 0.6) is 0 Å². The number of hydrogen-bond donors (Lipinski definition) is 1. The van der Waals surface area contributed by atoms with Gasteiger partial charge < -0.3 is 4.98 Å². The van der Waals surface area contributed by atoms with Gasteiger partial charge in [0.05, 0.1) is 5.92 Å². The van der Waals surface area contributed by atoms with E-state index in [1.165, 1.54) is 12.4 Å². The molecule has 0 amide bonds. The first-order valence-electron chi connectivity index (χ1n) is 4.69. The van der Waals surface area contributed by atoms with Crippen LogP contribution in [0.25, 0.3) is 11.3 Å². The van der Waals surface area contributed by atoms with Crippen molar-refractivity contribution in [1.82, 2.24) is 19.9 Å². The molecule has 7 heteroatoms. The number of aromatic nitrogens is 4. The molecule has 0 fully saturated rings. The zero-order valence-electron chi connectivity index (χ0n) is 8.41. The molecule has 0 saturated carbocycles. The van der Waals surface area contributed by atoms with Crippen molar-refractivity contribution in [2.24, 2.45) is 5.92 Å². The summed E-state index contributed by atoms with van der Waals surface area (Å²) >= 11 is 0. The predicted octanol–water partition coefficient (Wildman–Crippen LogP) is 2.09. The van der Waals surface area contributed by atoms with Crippen molar-refractivity contribution in [2.75, 3.05) is 0 Å². The van der Waals surface area contributed by atoms with E-state index in [0.717, 1.165) is 6.92 Å². The van der Waals surface area contributed by atoms with Crippen molar-refractivity contribution in [1.29, 1.82) is 0 Å². The number of nitrogens with one attached hydrogen (secondary N) is 1. The van der Waals surface area contributed by atoms with Gasteiger partial charge in [-0.05, 0) is 0 Å². The van der Waals surface area contributed by atoms with E-state index < -0.39 is 12.1 Å². The summed E-state index contributed by atoms with van der Waals surface area (Å²) in [5.74, 6) is -1.18. The highest BCUT2D eigenvalue weighted by Crippen LogP contribution is 2.28. The van der Waals surface area contributed by atoms with Crippen LogP contribution in [0.3, 0.4) is 0 Å². The largest absolute Gasteiger partial charge is 0.391 e. The summed E-state index contributed by atoms with van der Waals surface area (Å²) in [6.45, 7) is 1.12. The molecule has 0 aliphatic heterocycles. The molecule has 2 aromatic heterocycles. The lowest BCUT2D eigenvalue weighted by molar-refractivity contribution is -0.169. The Morgan fingerprint density at radius 3 is 2.62 bits per heavy atom. The van der Waals surface area contributed by atoms with E-state index in [2.05, 4.69) is 19.9 Å². The molecule has 86 valence electrons. The Morgan fingerprint density at radius 2 is 2.00 bits per heavy atom. The number of H-pyrrole nitrogens is 1. The van der Waals surface area contributed by atoms with Crippen LogP contribution in [0.15, 0.2) is 12.4 Å². The molecule has 0 bridgehead atoms. The molecule has 0 aliphatic carbocycles. The average molecular weight is 230 g/mol. The molecule has 0 aromatic carbocycles. The second-order valence-corrected chi connectivity index (χ2v) is 3.56. The van der Waals surface area contributed by atoms with E-state index in [0.29, 0.717) is 11.3 Å². The minimum atomic E-state index is -4.21. The fourth-order valence-corrected chi connectivity index (χ4v) is 1.30. The standard InChI is InChI=1S/C9H9F3N4/c1-5(9(10,11)12)4-6-15-7-8(16-6)14-3-2-13-7/h2-3,5H,4H2,1H3,(H,13,14,15,16). The maximum Gasteiger partial charge on any atom is 0.391 e. The third kappa shape index (κ3) is 2.12. The maximum atomic E-state index is 12.3. The fourth-order valence-electron chi connectivity index (χ4n) is 1.30. The Morgan fingerprint density at radius 1 is 1.31 bits per heavy atom. The monoisotopic (exact) mass is 230 g/mol. The zero-order valence-corrected chi connectivity index (χ0v) is 8.41. The highest BCUT2D eigenvalue weighted by molar-refractivity contribution is 5.64. The van der Waals surface area contributed by atoms with Crippen LogP contribution in [-0.4, -0.2) is 26.1 Å². The van der Waals surface area contributed by atoms with Gasteiger partial charge in [-0.1, -0.05) is 6.92 Å². The van der Waals surface area contributed by atoms with E-state index >= 15 is 0 Å². The van der Waals surface area contributed by atoms with Crippen LogP contribution in [0, 0.1) is 5.92 Å². The van der Waals surface area contributed by atoms with Gasteiger partial charge in [-0.3, -0.25) is 0 Å². The van der Waals surface area contributed by atoms with E-state index in [1.807, 2.05) is 0 Å². The highest BCUT2D eigenvalue weighted by atomic mass is 19.4. The number of imidazole rings is 1. The first-order chi connectivity index (χ1) is 7.47. The lowest BCUT2D eigenvalue weighted by atomic mass is 10.1. The van der Waals surface area contributed by atoms with Crippen molar-refractivity contribution < 1.29 is 13.2 Å². The van der Waals surface area contributed by atoms with E-state index in [4.69, 9.17) is 0 Å². The average Bonchev–Trinajstić information content (AvgIpc) is 2.58. The molecule has 0 aliphatic rings. The second kappa shape index (κ2) is 3.73. The number of rotatable bonds is 2. The van der Waals surface area contributed by atoms with Crippen LogP contribution in [0.1, 0.15) is 12.7 Å². The number of halogens is 3. The van der Waals surface area contributed by atoms with Gasteiger partial charge in [0.2, 0.25) is 0 Å². The van der Waals surface area contributed by atoms with Gasteiger partial charge in [0.15, 0.2) is 11.3 Å². The van der Waals surface area contributed by atoms with Crippen molar-refractivity contribution in [3.05, 3.63) is 18.2 Å². The van der Waals surface area contributed by atoms with Gasteiger partial charge in [0.25, 0.3) is 0 Å². The van der Waals surface area contributed by atoms with Gasteiger partial charge in [0.1, 0.15) is 5.82 Å². The van der Waals surface area contributed by atoms with Crippen LogP contribution in [-0.2, 0) is 6.42 Å². The Bertz CT molecular complexity index is 458. The van der Waals surface area contributed by atoms with Crippen LogP contribution in [0.4, 0.5) is 13.2 Å². The molecule has 16 heavy (non-hydrogen) atoms. The molecule has 1 atom stereocenters. The minimum Gasteiger partial charge on any atom is -0.325 e. The van der Waals surface area contributed by atoms with Gasteiger partial charge in [0, 0.05) is 18.8 Å². The molecule has 2 rings (SSSR count). The summed E-state index contributed by atoms with van der Waals surface area (Å²) in [7, 11) is 0. The Labute approximate surface area is 88.9 Å². The highest BCUT2D eigenvalue weighted by Gasteiger charge is 2.36. The van der Waals surface area contributed by atoms with Gasteiger partial charge in [-0.15, -0.1) is 0 Å². The Balaban J connectivity index is 2.22. The van der Waals surface area contributed by atoms with Crippen LogP contribution < -0.4 is 0 Å². The number of hydrogen-bond acceptors (Lipinski definition) is 3. The lowest BCUT2D eigenvalue weighted by Gasteiger charge is -2.13. The number of nitrogens with zero attached hydrogens (tertiary/aromatic N) is 3. The van der Waals surface area contributed by atoms with Gasteiger partial charge in [-0.2, -0.15) is 13.2 Å². The normalized spacial score (nSPS) is 14.2. The summed E-state index contributed by atoms with van der Waals surface area (Å²) in [6, 6.07) is 0. The molecule has 0 saturated heterocycles. The number of aromatic amines is 1. The summed E-state index contributed by atoms with van der Waals surface area (Å²) in [4.78, 5) is 14.4. The van der Waals surface area contributed by atoms with Crippen molar-refractivity contribution in [3.8, 4) is 0 Å². The van der Waals surface area contributed by atoms with Crippen molar-refractivity contribution in [2.45, 2.75) is 19.5 Å². The topological polar surface area (TPSA) is 54.5 Å². The quantitative estimate of drug-likeness (QED) is 0.859. The fraction of sp³-hybridized carbons (Fsp3) is 0.444. The summed E-state index contributed by atoms with van der Waals surface area (Å²) in [5, 5.41) is 0. The van der Waals surface area contributed by atoms with Gasteiger partial charge in [-0.25, -0.2) is 15.0 Å². The second-order valence-electron chi connectivity index (χ2n) is 3.56. The molecule has 0 spiro atoms. The zero-order chi connectivity index (χ0) is 11.8. The lowest BCUT2D eigenvalue weighted by Crippen LogP contribution is -2.22. The summed E-state index contributed by atoms with van der Waals surface area (Å²) in [6.07, 6.45) is -1.50. The van der Waals surface area contributed by atoms with E-state index in [9.17, 15) is 13.2 Å². The van der Waals surface area contributed by atoms with Gasteiger partial charge >= 0.3 is 6.18 Å². The smallest absolute Gasteiger partial charge is 0.325 e. The molecular weight excluding hydrogens is 221 g/mol. The summed E-state index contributed by atoms with van der Waals surface area (Å²) < 4.78 is 37.0. The number of alkyl halides is 3. The molecule has 4 nitrogen and oxygen atoms in total. The SMILES string of the molecule is CC(Cc1nc2nccnc2[nH]1)C(F)(F)F. The Hall–Kier alpha value is -1.66. The molecule has 0 radical (unpaired) electrons.